The van der Waals surface area contributed by atoms with Crippen LogP contribution in [0.3, 0.4) is 0 Å². The van der Waals surface area contributed by atoms with Gasteiger partial charge in [-0.15, -0.1) is 0 Å². The van der Waals surface area contributed by atoms with Gasteiger partial charge in [-0.25, -0.2) is 4.98 Å². The van der Waals surface area contributed by atoms with Crippen LogP contribution in [-0.2, 0) is 6.54 Å². The molecule has 1 saturated carbocycles. The molecule has 0 atom stereocenters. The molecule has 0 unspecified atom stereocenters. The first-order valence-electron chi connectivity index (χ1n) is 7.80. The third-order valence-corrected chi connectivity index (χ3v) is 4.09. The number of rotatable bonds is 4. The van der Waals surface area contributed by atoms with Crippen molar-refractivity contribution >= 4 is 16.6 Å². The van der Waals surface area contributed by atoms with Crippen molar-refractivity contribution in [3.8, 4) is 0 Å². The summed E-state index contributed by atoms with van der Waals surface area (Å²) in [4.78, 5) is 7.09. The molecular formula is C18H25N3. The van der Waals surface area contributed by atoms with Gasteiger partial charge in [-0.3, -0.25) is 0 Å². The van der Waals surface area contributed by atoms with E-state index in [1.165, 1.54) is 29.2 Å². The Hall–Kier alpha value is -1.61. The van der Waals surface area contributed by atoms with Gasteiger partial charge in [0, 0.05) is 36.8 Å². The smallest absolute Gasteiger partial charge is 0.136 e. The Bertz CT molecular complexity index is 638. The highest BCUT2D eigenvalue weighted by atomic mass is 15.2. The first kappa shape index (κ1) is 14.3. The van der Waals surface area contributed by atoms with Gasteiger partial charge < -0.3 is 10.2 Å². The summed E-state index contributed by atoms with van der Waals surface area (Å²) in [6.45, 7) is 7.43. The second-order valence-corrected chi connectivity index (χ2v) is 7.10. The quantitative estimate of drug-likeness (QED) is 0.927. The van der Waals surface area contributed by atoms with E-state index in [4.69, 9.17) is 4.98 Å². The second kappa shape index (κ2) is 5.30. The molecule has 0 amide bonds. The van der Waals surface area contributed by atoms with E-state index < -0.39 is 0 Å². The van der Waals surface area contributed by atoms with Gasteiger partial charge in [0.15, 0.2) is 0 Å². The molecule has 1 N–H and O–H groups in total. The van der Waals surface area contributed by atoms with Crippen LogP contribution in [0.4, 0.5) is 5.82 Å². The summed E-state index contributed by atoms with van der Waals surface area (Å²) in [6, 6.07) is 9.30. The highest BCUT2D eigenvalue weighted by Crippen LogP contribution is 2.34. The predicted octanol–water partition coefficient (Wildman–Crippen LogP) is 3.72. The molecule has 3 nitrogen and oxygen atoms in total. The third kappa shape index (κ3) is 3.18. The third-order valence-electron chi connectivity index (χ3n) is 4.09. The number of anilines is 1. The number of benzene rings is 1. The molecule has 21 heavy (non-hydrogen) atoms. The van der Waals surface area contributed by atoms with Crippen molar-refractivity contribution in [1.29, 1.82) is 0 Å². The van der Waals surface area contributed by atoms with Crippen molar-refractivity contribution in [3.05, 3.63) is 36.0 Å². The van der Waals surface area contributed by atoms with E-state index in [2.05, 4.69) is 62.3 Å². The average molecular weight is 283 g/mol. The molecule has 112 valence electrons. The van der Waals surface area contributed by atoms with Gasteiger partial charge in [-0.1, -0.05) is 24.3 Å². The highest BCUT2D eigenvalue weighted by Gasteiger charge is 2.28. The predicted molar refractivity (Wildman–Crippen MR) is 89.8 cm³/mol. The molecule has 1 aliphatic carbocycles. The molecule has 0 spiro atoms. The Morgan fingerprint density at radius 1 is 1.19 bits per heavy atom. The molecule has 0 saturated heterocycles. The SMILES string of the molecule is CN(c1ncc(CNC(C)(C)C)c2ccccc12)C1CC1. The zero-order valence-corrected chi connectivity index (χ0v) is 13.5. The van der Waals surface area contributed by atoms with Gasteiger partial charge in [0.05, 0.1) is 0 Å². The summed E-state index contributed by atoms with van der Waals surface area (Å²) in [5.41, 5.74) is 1.39. The zero-order chi connectivity index (χ0) is 15.0. The van der Waals surface area contributed by atoms with Gasteiger partial charge in [0.1, 0.15) is 5.82 Å². The van der Waals surface area contributed by atoms with Crippen molar-refractivity contribution in [1.82, 2.24) is 10.3 Å². The summed E-state index contributed by atoms with van der Waals surface area (Å²) in [6.07, 6.45) is 4.62. The average Bonchev–Trinajstić information content (AvgIpc) is 3.27. The Balaban J connectivity index is 1.98. The molecule has 1 aliphatic rings. The van der Waals surface area contributed by atoms with E-state index in [-0.39, 0.29) is 5.54 Å². The Morgan fingerprint density at radius 2 is 1.86 bits per heavy atom. The van der Waals surface area contributed by atoms with E-state index in [1.54, 1.807) is 0 Å². The van der Waals surface area contributed by atoms with Crippen LogP contribution >= 0.6 is 0 Å². The molecule has 1 heterocycles. The van der Waals surface area contributed by atoms with Crippen LogP contribution in [0.2, 0.25) is 0 Å². The summed E-state index contributed by atoms with van der Waals surface area (Å²) < 4.78 is 0. The lowest BCUT2D eigenvalue weighted by Crippen LogP contribution is -2.35. The summed E-state index contributed by atoms with van der Waals surface area (Å²) in [5, 5.41) is 6.14. The van der Waals surface area contributed by atoms with Crippen molar-refractivity contribution < 1.29 is 0 Å². The standard InChI is InChI=1S/C18H25N3/c1-18(2,3)20-12-13-11-19-17(21(4)14-9-10-14)16-8-6-5-7-15(13)16/h5-8,11,14,20H,9-10,12H2,1-4H3. The minimum atomic E-state index is 0.116. The van der Waals surface area contributed by atoms with Crippen LogP contribution in [-0.4, -0.2) is 23.6 Å². The minimum absolute atomic E-state index is 0.116. The first-order chi connectivity index (χ1) is 9.96. The summed E-state index contributed by atoms with van der Waals surface area (Å²) in [5.74, 6) is 1.12. The Labute approximate surface area is 127 Å². The number of hydrogen-bond donors (Lipinski definition) is 1. The molecule has 0 aliphatic heterocycles. The van der Waals surface area contributed by atoms with Gasteiger partial charge in [0.2, 0.25) is 0 Å². The van der Waals surface area contributed by atoms with Crippen molar-refractivity contribution in [2.24, 2.45) is 0 Å². The largest absolute Gasteiger partial charge is 0.356 e. The van der Waals surface area contributed by atoms with Gasteiger partial charge in [-0.2, -0.15) is 0 Å². The van der Waals surface area contributed by atoms with Crippen LogP contribution in [0.1, 0.15) is 39.2 Å². The number of nitrogens with zero attached hydrogens (tertiary/aromatic N) is 2. The molecule has 0 radical (unpaired) electrons. The van der Waals surface area contributed by atoms with Gasteiger partial charge in [-0.05, 0) is 44.6 Å². The van der Waals surface area contributed by atoms with Crippen molar-refractivity contribution in [3.63, 3.8) is 0 Å². The fraction of sp³-hybridized carbons (Fsp3) is 0.500. The van der Waals surface area contributed by atoms with Gasteiger partial charge in [0.25, 0.3) is 0 Å². The van der Waals surface area contributed by atoms with Crippen LogP contribution < -0.4 is 10.2 Å². The van der Waals surface area contributed by atoms with E-state index in [0.717, 1.165) is 12.4 Å². The van der Waals surface area contributed by atoms with E-state index in [0.29, 0.717) is 6.04 Å². The van der Waals surface area contributed by atoms with E-state index in [9.17, 15) is 0 Å². The molecule has 0 bridgehead atoms. The van der Waals surface area contributed by atoms with Crippen LogP contribution in [0.5, 0.6) is 0 Å². The number of nitrogens with one attached hydrogen (secondary N) is 1. The zero-order valence-electron chi connectivity index (χ0n) is 13.5. The molecule has 1 fully saturated rings. The maximum Gasteiger partial charge on any atom is 0.136 e. The molecule has 2 aromatic rings. The molecule has 3 rings (SSSR count). The number of aromatic nitrogens is 1. The fourth-order valence-electron chi connectivity index (χ4n) is 2.65. The topological polar surface area (TPSA) is 28.2 Å². The Kier molecular flexibility index (Phi) is 3.62. The van der Waals surface area contributed by atoms with E-state index >= 15 is 0 Å². The monoisotopic (exact) mass is 283 g/mol. The van der Waals surface area contributed by atoms with Crippen LogP contribution in [0, 0.1) is 0 Å². The van der Waals surface area contributed by atoms with Crippen LogP contribution in [0.15, 0.2) is 30.5 Å². The van der Waals surface area contributed by atoms with E-state index in [1.807, 2.05) is 6.20 Å². The maximum atomic E-state index is 4.75. The molecule has 1 aromatic heterocycles. The lowest BCUT2D eigenvalue weighted by Gasteiger charge is -2.23. The molecule has 3 heteroatoms. The highest BCUT2D eigenvalue weighted by molar-refractivity contribution is 5.94. The normalized spacial score (nSPS) is 15.4. The molecular weight excluding hydrogens is 258 g/mol. The minimum Gasteiger partial charge on any atom is -0.356 e. The number of fused-ring (bicyclic) bond motifs is 1. The lowest BCUT2D eigenvalue weighted by atomic mass is 10.0. The summed E-state index contributed by atoms with van der Waals surface area (Å²) >= 11 is 0. The number of hydrogen-bond acceptors (Lipinski definition) is 3. The number of pyridine rings is 1. The van der Waals surface area contributed by atoms with Crippen molar-refractivity contribution in [2.75, 3.05) is 11.9 Å². The molecule has 1 aromatic carbocycles. The Morgan fingerprint density at radius 3 is 2.48 bits per heavy atom. The summed E-state index contributed by atoms with van der Waals surface area (Å²) in [7, 11) is 2.17. The fourth-order valence-corrected chi connectivity index (χ4v) is 2.65. The van der Waals surface area contributed by atoms with Crippen molar-refractivity contribution in [2.45, 2.75) is 51.7 Å². The lowest BCUT2D eigenvalue weighted by molar-refractivity contribution is 0.425. The first-order valence-corrected chi connectivity index (χ1v) is 7.80. The van der Waals surface area contributed by atoms with Crippen LogP contribution in [0.25, 0.3) is 10.8 Å². The second-order valence-electron chi connectivity index (χ2n) is 7.10. The van der Waals surface area contributed by atoms with Gasteiger partial charge >= 0.3 is 0 Å². The maximum absolute atomic E-state index is 4.75.